The van der Waals surface area contributed by atoms with Gasteiger partial charge in [-0.05, 0) is 34.1 Å². The lowest BCUT2D eigenvalue weighted by molar-refractivity contribution is 0.101. The van der Waals surface area contributed by atoms with Gasteiger partial charge in [0.25, 0.3) is 0 Å². The molecule has 1 aliphatic rings. The molecule has 0 amide bonds. The quantitative estimate of drug-likeness (QED) is 0.808. The minimum atomic E-state index is 0.109. The van der Waals surface area contributed by atoms with Gasteiger partial charge < -0.3 is 4.90 Å². The predicted molar refractivity (Wildman–Crippen MR) is 69.7 cm³/mol. The van der Waals surface area contributed by atoms with Crippen LogP contribution in [0.1, 0.15) is 10.4 Å². The van der Waals surface area contributed by atoms with Gasteiger partial charge in [-0.2, -0.15) is 0 Å². The molecule has 0 unspecified atom stereocenters. The molecule has 4 heteroatoms. The van der Waals surface area contributed by atoms with Gasteiger partial charge in [0, 0.05) is 16.4 Å². The highest BCUT2D eigenvalue weighted by Crippen LogP contribution is 2.33. The summed E-state index contributed by atoms with van der Waals surface area (Å²) in [6.45, 7) is 0.364. The molecule has 1 aromatic carbocycles. The van der Waals surface area contributed by atoms with Gasteiger partial charge in [0.15, 0.2) is 5.78 Å². The molecule has 0 saturated heterocycles. The van der Waals surface area contributed by atoms with Crippen LogP contribution in [-0.4, -0.2) is 17.3 Å². The number of para-hydroxylation sites is 1. The molecule has 1 aliphatic heterocycles. The maximum atomic E-state index is 11.9. The lowest BCUT2D eigenvalue weighted by Crippen LogP contribution is -2.16. The Bertz CT molecular complexity index is 583. The van der Waals surface area contributed by atoms with E-state index in [1.165, 1.54) is 0 Å². The molecular formula is C13H9BrN2O. The third kappa shape index (κ3) is 1.74. The van der Waals surface area contributed by atoms with Gasteiger partial charge in [0.1, 0.15) is 5.82 Å². The lowest BCUT2D eigenvalue weighted by Gasteiger charge is -2.16. The molecule has 84 valence electrons. The van der Waals surface area contributed by atoms with Crippen LogP contribution in [0.25, 0.3) is 0 Å². The molecule has 2 aromatic rings. The van der Waals surface area contributed by atoms with Gasteiger partial charge in [-0.15, -0.1) is 0 Å². The second-order valence-electron chi connectivity index (χ2n) is 3.87. The van der Waals surface area contributed by atoms with Gasteiger partial charge in [0.05, 0.1) is 12.1 Å². The Hall–Kier alpha value is -1.68. The van der Waals surface area contributed by atoms with E-state index in [0.717, 1.165) is 16.0 Å². The fraction of sp³-hybridized carbons (Fsp3) is 0.0769. The molecule has 0 atom stereocenters. The summed E-state index contributed by atoms with van der Waals surface area (Å²) in [7, 11) is 0. The fourth-order valence-electron chi connectivity index (χ4n) is 1.98. The number of hydrogen-bond acceptors (Lipinski definition) is 3. The summed E-state index contributed by atoms with van der Waals surface area (Å²) in [5.74, 6) is 0.849. The molecule has 0 fully saturated rings. The Labute approximate surface area is 107 Å². The number of aromatic nitrogens is 1. The first-order chi connectivity index (χ1) is 8.25. The van der Waals surface area contributed by atoms with Crippen molar-refractivity contribution in [3.05, 3.63) is 52.6 Å². The zero-order chi connectivity index (χ0) is 11.8. The van der Waals surface area contributed by atoms with E-state index in [0.29, 0.717) is 12.1 Å². The Balaban J connectivity index is 2.11. The first kappa shape index (κ1) is 10.5. The zero-order valence-corrected chi connectivity index (χ0v) is 10.5. The van der Waals surface area contributed by atoms with Crippen LogP contribution in [0.4, 0.5) is 11.5 Å². The number of carbonyl (C=O) groups is 1. The van der Waals surface area contributed by atoms with Crippen molar-refractivity contribution < 1.29 is 4.79 Å². The zero-order valence-electron chi connectivity index (χ0n) is 8.93. The van der Waals surface area contributed by atoms with Crippen LogP contribution in [0.15, 0.2) is 47.1 Å². The van der Waals surface area contributed by atoms with Crippen LogP contribution in [-0.2, 0) is 0 Å². The first-order valence-corrected chi connectivity index (χ1v) is 6.06. The SMILES string of the molecule is O=C1CN(c2ccccc2)c2ncc(Br)cc21. The molecule has 0 aliphatic carbocycles. The normalized spacial score (nSPS) is 13.9. The van der Waals surface area contributed by atoms with E-state index in [2.05, 4.69) is 20.9 Å². The third-order valence-electron chi connectivity index (χ3n) is 2.76. The van der Waals surface area contributed by atoms with Gasteiger partial charge in [-0.25, -0.2) is 4.98 Å². The summed E-state index contributed by atoms with van der Waals surface area (Å²) < 4.78 is 0.833. The van der Waals surface area contributed by atoms with Gasteiger partial charge >= 0.3 is 0 Å². The highest BCUT2D eigenvalue weighted by molar-refractivity contribution is 9.10. The second-order valence-corrected chi connectivity index (χ2v) is 4.79. The number of carbonyl (C=O) groups excluding carboxylic acids is 1. The molecule has 3 nitrogen and oxygen atoms in total. The monoisotopic (exact) mass is 288 g/mol. The van der Waals surface area contributed by atoms with Crippen molar-refractivity contribution in [3.63, 3.8) is 0 Å². The maximum absolute atomic E-state index is 11.9. The fourth-order valence-corrected chi connectivity index (χ4v) is 2.31. The maximum Gasteiger partial charge on any atom is 0.186 e. The molecule has 0 saturated carbocycles. The van der Waals surface area contributed by atoms with Crippen LogP contribution in [0.2, 0.25) is 0 Å². The van der Waals surface area contributed by atoms with Crippen LogP contribution >= 0.6 is 15.9 Å². The lowest BCUT2D eigenvalue weighted by atomic mass is 10.2. The summed E-state index contributed by atoms with van der Waals surface area (Å²) in [5, 5.41) is 0. The summed E-state index contributed by atoms with van der Waals surface area (Å²) in [4.78, 5) is 18.2. The Morgan fingerprint density at radius 1 is 1.24 bits per heavy atom. The number of anilines is 2. The topological polar surface area (TPSA) is 33.2 Å². The minimum absolute atomic E-state index is 0.109. The average Bonchev–Trinajstić information content (AvgIpc) is 2.68. The number of nitrogens with zero attached hydrogens (tertiary/aromatic N) is 2. The Morgan fingerprint density at radius 3 is 2.76 bits per heavy atom. The summed E-state index contributed by atoms with van der Waals surface area (Å²) in [6, 6.07) is 11.6. The molecule has 0 radical (unpaired) electrons. The highest BCUT2D eigenvalue weighted by atomic mass is 79.9. The van der Waals surface area contributed by atoms with E-state index in [4.69, 9.17) is 0 Å². The van der Waals surface area contributed by atoms with E-state index < -0.39 is 0 Å². The van der Waals surface area contributed by atoms with Crippen LogP contribution in [0.5, 0.6) is 0 Å². The largest absolute Gasteiger partial charge is 0.318 e. The van der Waals surface area contributed by atoms with Crippen LogP contribution < -0.4 is 4.90 Å². The van der Waals surface area contributed by atoms with Crippen molar-refractivity contribution in [1.82, 2.24) is 4.98 Å². The average molecular weight is 289 g/mol. The minimum Gasteiger partial charge on any atom is -0.318 e. The van der Waals surface area contributed by atoms with E-state index in [9.17, 15) is 4.79 Å². The van der Waals surface area contributed by atoms with Crippen molar-refractivity contribution in [2.24, 2.45) is 0 Å². The Kier molecular flexibility index (Phi) is 2.44. The van der Waals surface area contributed by atoms with Gasteiger partial charge in [-0.1, -0.05) is 18.2 Å². The second kappa shape index (κ2) is 3.96. The molecule has 2 heterocycles. The molecule has 0 bridgehead atoms. The number of ketones is 1. The molecule has 1 aromatic heterocycles. The van der Waals surface area contributed by atoms with Crippen molar-refractivity contribution in [2.75, 3.05) is 11.4 Å². The van der Waals surface area contributed by atoms with Crippen molar-refractivity contribution in [2.45, 2.75) is 0 Å². The van der Waals surface area contributed by atoms with E-state index in [-0.39, 0.29) is 5.78 Å². The predicted octanol–water partition coefficient (Wildman–Crippen LogP) is 3.18. The van der Waals surface area contributed by atoms with Crippen molar-refractivity contribution in [1.29, 1.82) is 0 Å². The number of rotatable bonds is 1. The molecule has 0 N–H and O–H groups in total. The highest BCUT2D eigenvalue weighted by Gasteiger charge is 2.28. The Morgan fingerprint density at radius 2 is 2.00 bits per heavy atom. The van der Waals surface area contributed by atoms with Crippen molar-refractivity contribution in [3.8, 4) is 0 Å². The third-order valence-corrected chi connectivity index (χ3v) is 3.19. The number of Topliss-reactive ketones (excluding diaryl/α,β-unsaturated/α-hetero) is 1. The van der Waals surface area contributed by atoms with Gasteiger partial charge in [-0.3, -0.25) is 4.79 Å². The van der Waals surface area contributed by atoms with Crippen LogP contribution in [0.3, 0.4) is 0 Å². The molecule has 3 rings (SSSR count). The van der Waals surface area contributed by atoms with Crippen LogP contribution in [0, 0.1) is 0 Å². The molecular weight excluding hydrogens is 280 g/mol. The molecule has 17 heavy (non-hydrogen) atoms. The summed E-state index contributed by atoms with van der Waals surface area (Å²) in [5.41, 5.74) is 1.68. The standard InChI is InChI=1S/C13H9BrN2O/c14-9-6-11-12(17)8-16(13(11)15-7-9)10-4-2-1-3-5-10/h1-7H,8H2. The van der Waals surface area contributed by atoms with Crippen molar-refractivity contribution >= 4 is 33.2 Å². The number of pyridine rings is 1. The number of hydrogen-bond donors (Lipinski definition) is 0. The number of benzene rings is 1. The number of halogens is 1. The number of fused-ring (bicyclic) bond motifs is 1. The van der Waals surface area contributed by atoms with E-state index in [1.54, 1.807) is 6.20 Å². The molecule has 0 spiro atoms. The first-order valence-electron chi connectivity index (χ1n) is 5.27. The van der Waals surface area contributed by atoms with E-state index in [1.807, 2.05) is 41.3 Å². The van der Waals surface area contributed by atoms with E-state index >= 15 is 0 Å². The van der Waals surface area contributed by atoms with Gasteiger partial charge in [0.2, 0.25) is 0 Å². The smallest absolute Gasteiger partial charge is 0.186 e. The summed E-state index contributed by atoms with van der Waals surface area (Å²) >= 11 is 3.34. The summed E-state index contributed by atoms with van der Waals surface area (Å²) in [6.07, 6.45) is 1.72.